The Bertz CT molecular complexity index is 717. The number of thiocarbonyl (C=S) groups is 1. The maximum atomic E-state index is 6.18. The zero-order chi connectivity index (χ0) is 15.7. The molecule has 1 aromatic carbocycles. The van der Waals surface area contributed by atoms with E-state index in [-0.39, 0.29) is 0 Å². The van der Waals surface area contributed by atoms with Gasteiger partial charge in [-0.3, -0.25) is 0 Å². The van der Waals surface area contributed by atoms with Gasteiger partial charge in [-0.25, -0.2) is 4.98 Å². The van der Waals surface area contributed by atoms with Crippen molar-refractivity contribution in [2.45, 2.75) is 26.2 Å². The number of fused-ring (bicyclic) bond motifs is 1. The van der Waals surface area contributed by atoms with Gasteiger partial charge in [0.05, 0.1) is 16.4 Å². The largest absolute Gasteiger partial charge is 0.331 e. The summed E-state index contributed by atoms with van der Waals surface area (Å²) in [6.45, 7) is 2.29. The maximum Gasteiger partial charge on any atom is 0.189 e. The van der Waals surface area contributed by atoms with E-state index in [1.807, 2.05) is 18.2 Å². The summed E-state index contributed by atoms with van der Waals surface area (Å²) in [7, 11) is 0. The number of nitrogens with one attached hydrogen (secondary N) is 2. The first kappa shape index (κ1) is 16.2. The lowest BCUT2D eigenvalue weighted by Gasteiger charge is -2.15. The SMILES string of the molecule is CC1CCc2nc(NC(=S)Nc3ccc(Br)cc3Cl)sc2C1. The van der Waals surface area contributed by atoms with E-state index in [0.29, 0.717) is 10.1 Å². The van der Waals surface area contributed by atoms with Crippen LogP contribution in [0.5, 0.6) is 0 Å². The summed E-state index contributed by atoms with van der Waals surface area (Å²) in [5, 5.41) is 8.24. The number of thiazole rings is 1. The molecule has 0 bridgehead atoms. The fraction of sp³-hybridized carbons (Fsp3) is 0.333. The normalized spacial score (nSPS) is 17.0. The number of hydrogen-bond donors (Lipinski definition) is 2. The summed E-state index contributed by atoms with van der Waals surface area (Å²) in [5.74, 6) is 0.743. The van der Waals surface area contributed by atoms with Crippen molar-refractivity contribution in [3.63, 3.8) is 0 Å². The predicted octanol–water partition coefficient (Wildman–Crippen LogP) is 5.49. The van der Waals surface area contributed by atoms with E-state index in [0.717, 1.165) is 34.1 Å². The topological polar surface area (TPSA) is 37.0 Å². The van der Waals surface area contributed by atoms with Crippen molar-refractivity contribution in [2.75, 3.05) is 10.6 Å². The number of aromatic nitrogens is 1. The fourth-order valence-electron chi connectivity index (χ4n) is 2.43. The van der Waals surface area contributed by atoms with Gasteiger partial charge in [-0.2, -0.15) is 0 Å². The molecule has 22 heavy (non-hydrogen) atoms. The lowest BCUT2D eigenvalue weighted by molar-refractivity contribution is 0.502. The minimum Gasteiger partial charge on any atom is -0.331 e. The lowest BCUT2D eigenvalue weighted by atomic mass is 9.93. The van der Waals surface area contributed by atoms with Gasteiger partial charge in [-0.15, -0.1) is 11.3 Å². The van der Waals surface area contributed by atoms with Crippen molar-refractivity contribution in [2.24, 2.45) is 5.92 Å². The van der Waals surface area contributed by atoms with E-state index in [1.54, 1.807) is 11.3 Å². The van der Waals surface area contributed by atoms with E-state index < -0.39 is 0 Å². The third kappa shape index (κ3) is 3.79. The van der Waals surface area contributed by atoms with Crippen LogP contribution in [0.3, 0.4) is 0 Å². The third-order valence-electron chi connectivity index (χ3n) is 3.59. The first-order chi connectivity index (χ1) is 10.5. The van der Waals surface area contributed by atoms with Gasteiger partial charge in [-0.05, 0) is 55.6 Å². The zero-order valence-corrected chi connectivity index (χ0v) is 15.9. The predicted molar refractivity (Wildman–Crippen MR) is 102 cm³/mol. The molecule has 0 fully saturated rings. The van der Waals surface area contributed by atoms with Crippen LogP contribution >= 0.6 is 51.1 Å². The second-order valence-corrected chi connectivity index (χ2v) is 8.25. The van der Waals surface area contributed by atoms with Crippen molar-refractivity contribution in [3.8, 4) is 0 Å². The average molecular weight is 417 g/mol. The molecule has 1 aliphatic rings. The van der Waals surface area contributed by atoms with Crippen molar-refractivity contribution >= 4 is 67.0 Å². The number of hydrogen-bond acceptors (Lipinski definition) is 3. The molecule has 0 saturated heterocycles. The van der Waals surface area contributed by atoms with Crippen LogP contribution in [0.4, 0.5) is 10.8 Å². The van der Waals surface area contributed by atoms with Crippen molar-refractivity contribution in [1.82, 2.24) is 4.98 Å². The number of nitrogens with zero attached hydrogens (tertiary/aromatic N) is 1. The van der Waals surface area contributed by atoms with Gasteiger partial charge in [-0.1, -0.05) is 34.5 Å². The molecule has 2 N–H and O–H groups in total. The zero-order valence-electron chi connectivity index (χ0n) is 12.0. The molecular weight excluding hydrogens is 402 g/mol. The Morgan fingerprint density at radius 2 is 2.27 bits per heavy atom. The Balaban J connectivity index is 1.67. The molecule has 0 amide bonds. The summed E-state index contributed by atoms with van der Waals surface area (Å²) >= 11 is 16.6. The molecule has 1 aliphatic carbocycles. The van der Waals surface area contributed by atoms with E-state index in [1.165, 1.54) is 17.0 Å². The van der Waals surface area contributed by atoms with Crippen LogP contribution in [0, 0.1) is 5.92 Å². The van der Waals surface area contributed by atoms with E-state index in [9.17, 15) is 0 Å². The van der Waals surface area contributed by atoms with Crippen LogP contribution in [0.1, 0.15) is 23.9 Å². The van der Waals surface area contributed by atoms with Gasteiger partial charge in [0.25, 0.3) is 0 Å². The van der Waals surface area contributed by atoms with Crippen LogP contribution < -0.4 is 10.6 Å². The Morgan fingerprint density at radius 3 is 3.05 bits per heavy atom. The van der Waals surface area contributed by atoms with Gasteiger partial charge in [0.1, 0.15) is 0 Å². The second-order valence-electron chi connectivity index (χ2n) is 5.44. The summed E-state index contributed by atoms with van der Waals surface area (Å²) in [4.78, 5) is 6.02. The minimum absolute atomic E-state index is 0.503. The molecule has 3 rings (SSSR count). The van der Waals surface area contributed by atoms with Crippen LogP contribution in [-0.2, 0) is 12.8 Å². The second kappa shape index (κ2) is 6.83. The number of anilines is 2. The Morgan fingerprint density at radius 1 is 1.45 bits per heavy atom. The molecule has 3 nitrogen and oxygen atoms in total. The molecule has 0 radical (unpaired) electrons. The standard InChI is InChI=1S/C15H15BrClN3S2/c1-8-2-4-12-13(6-8)22-15(19-12)20-14(21)18-11-5-3-9(16)7-10(11)17/h3,5,7-8H,2,4,6H2,1H3,(H2,18,19,20,21). The maximum absolute atomic E-state index is 6.18. The number of rotatable bonds is 2. The number of aryl methyl sites for hydroxylation is 1. The summed E-state index contributed by atoms with van der Waals surface area (Å²) < 4.78 is 0.934. The summed E-state index contributed by atoms with van der Waals surface area (Å²) in [6.07, 6.45) is 3.40. The van der Waals surface area contributed by atoms with E-state index in [2.05, 4.69) is 38.5 Å². The first-order valence-electron chi connectivity index (χ1n) is 7.03. The summed E-state index contributed by atoms with van der Waals surface area (Å²) in [5.41, 5.74) is 1.99. The third-order valence-corrected chi connectivity index (χ3v) is 5.63. The van der Waals surface area contributed by atoms with Gasteiger partial charge in [0.15, 0.2) is 10.2 Å². The molecule has 1 aromatic heterocycles. The summed E-state index contributed by atoms with van der Waals surface area (Å²) in [6, 6.07) is 5.63. The molecule has 1 heterocycles. The molecule has 1 atom stereocenters. The fourth-order valence-corrected chi connectivity index (χ4v) is 4.60. The average Bonchev–Trinajstić information content (AvgIpc) is 2.83. The Kier molecular flexibility index (Phi) is 5.02. The molecule has 0 aliphatic heterocycles. The first-order valence-corrected chi connectivity index (χ1v) is 9.42. The number of benzene rings is 1. The van der Waals surface area contributed by atoms with Crippen LogP contribution in [-0.4, -0.2) is 10.1 Å². The van der Waals surface area contributed by atoms with E-state index in [4.69, 9.17) is 23.8 Å². The highest BCUT2D eigenvalue weighted by Gasteiger charge is 2.20. The Hall–Kier alpha value is -0.690. The van der Waals surface area contributed by atoms with E-state index >= 15 is 0 Å². The smallest absolute Gasteiger partial charge is 0.189 e. The van der Waals surface area contributed by atoms with Crippen molar-refractivity contribution in [3.05, 3.63) is 38.3 Å². The molecule has 116 valence electrons. The quantitative estimate of drug-likeness (QED) is 0.634. The van der Waals surface area contributed by atoms with Gasteiger partial charge in [0.2, 0.25) is 0 Å². The molecule has 0 saturated carbocycles. The molecule has 7 heteroatoms. The van der Waals surface area contributed by atoms with Crippen molar-refractivity contribution < 1.29 is 0 Å². The molecular formula is C15H15BrClN3S2. The minimum atomic E-state index is 0.503. The van der Waals surface area contributed by atoms with Crippen molar-refractivity contribution in [1.29, 1.82) is 0 Å². The van der Waals surface area contributed by atoms with Crippen LogP contribution in [0.25, 0.3) is 0 Å². The lowest BCUT2D eigenvalue weighted by Crippen LogP contribution is -2.19. The van der Waals surface area contributed by atoms with Crippen LogP contribution in [0.15, 0.2) is 22.7 Å². The van der Waals surface area contributed by atoms with Gasteiger partial charge < -0.3 is 10.6 Å². The highest BCUT2D eigenvalue weighted by molar-refractivity contribution is 9.10. The molecule has 2 aromatic rings. The highest BCUT2D eigenvalue weighted by Crippen LogP contribution is 2.32. The van der Waals surface area contributed by atoms with Gasteiger partial charge in [0, 0.05) is 9.35 Å². The monoisotopic (exact) mass is 415 g/mol. The molecule has 1 unspecified atom stereocenters. The Labute approximate surface area is 152 Å². The highest BCUT2D eigenvalue weighted by atomic mass is 79.9. The van der Waals surface area contributed by atoms with Gasteiger partial charge >= 0.3 is 0 Å². The molecule has 0 spiro atoms. The number of halogens is 2. The van der Waals surface area contributed by atoms with Crippen LogP contribution in [0.2, 0.25) is 5.02 Å².